The van der Waals surface area contributed by atoms with Crippen LogP contribution in [0.25, 0.3) is 0 Å². The summed E-state index contributed by atoms with van der Waals surface area (Å²) >= 11 is 0. The maximum atomic E-state index is 13.2. The summed E-state index contributed by atoms with van der Waals surface area (Å²) in [7, 11) is -3.93. The number of carbonyl (C=O) groups excluding carboxylic acids is 1. The zero-order valence-corrected chi connectivity index (χ0v) is 17.6. The number of aliphatic hydroxyl groups excluding tert-OH is 1. The molecule has 1 aliphatic rings. The first-order valence-electron chi connectivity index (χ1n) is 9.89. The molecule has 2 N–H and O–H groups in total. The zero-order valence-electron chi connectivity index (χ0n) is 16.8. The van der Waals surface area contributed by atoms with Crippen molar-refractivity contribution in [2.75, 3.05) is 6.54 Å². The maximum Gasteiger partial charge on any atom is 0.243 e. The Labute approximate surface area is 172 Å². The summed E-state index contributed by atoms with van der Waals surface area (Å²) in [4.78, 5) is 15.0. The molecule has 0 saturated carbocycles. The van der Waals surface area contributed by atoms with Gasteiger partial charge in [0.05, 0.1) is 11.0 Å². The van der Waals surface area contributed by atoms with E-state index in [9.17, 15) is 18.3 Å². The van der Waals surface area contributed by atoms with Crippen LogP contribution in [0.3, 0.4) is 0 Å². The highest BCUT2D eigenvalue weighted by Gasteiger charge is 2.37. The van der Waals surface area contributed by atoms with Gasteiger partial charge in [0, 0.05) is 12.6 Å². The van der Waals surface area contributed by atoms with Crippen LogP contribution < -0.4 is 4.72 Å². The molecule has 7 heteroatoms. The number of hydrogen-bond donors (Lipinski definition) is 2. The Morgan fingerprint density at radius 3 is 2.45 bits per heavy atom. The molecule has 1 fully saturated rings. The molecule has 1 saturated heterocycles. The quantitative estimate of drug-likeness (QED) is 0.725. The molecule has 2 aromatic carbocycles. The largest absolute Gasteiger partial charge is 0.391 e. The summed E-state index contributed by atoms with van der Waals surface area (Å²) in [5.74, 6) is -0.380. The lowest BCUT2D eigenvalue weighted by atomic mass is 10.0. The van der Waals surface area contributed by atoms with E-state index in [2.05, 4.69) is 4.72 Å². The molecule has 0 aliphatic carbocycles. The van der Waals surface area contributed by atoms with Crippen LogP contribution in [-0.2, 0) is 21.2 Å². The van der Waals surface area contributed by atoms with E-state index in [1.54, 1.807) is 17.0 Å². The normalized spacial score (nSPS) is 19.1. The molecule has 2 aromatic rings. The van der Waals surface area contributed by atoms with E-state index >= 15 is 0 Å². The van der Waals surface area contributed by atoms with Crippen molar-refractivity contribution in [3.8, 4) is 0 Å². The van der Waals surface area contributed by atoms with Gasteiger partial charge in [-0.1, -0.05) is 48.0 Å². The van der Waals surface area contributed by atoms with Crippen molar-refractivity contribution in [1.82, 2.24) is 9.62 Å². The highest BCUT2D eigenvalue weighted by atomic mass is 32.2. The van der Waals surface area contributed by atoms with Gasteiger partial charge >= 0.3 is 0 Å². The fourth-order valence-electron chi connectivity index (χ4n) is 3.71. The fourth-order valence-corrected chi connectivity index (χ4v) is 4.97. The highest BCUT2D eigenvalue weighted by Crippen LogP contribution is 2.23. The van der Waals surface area contributed by atoms with Gasteiger partial charge in [-0.25, -0.2) is 8.42 Å². The topological polar surface area (TPSA) is 86.7 Å². The number of likely N-dealkylation sites (tertiary alicyclic amines) is 1. The second-order valence-corrected chi connectivity index (χ2v) is 9.38. The number of nitrogens with one attached hydrogen (secondary N) is 1. The van der Waals surface area contributed by atoms with E-state index < -0.39 is 22.2 Å². The van der Waals surface area contributed by atoms with Gasteiger partial charge in [-0.3, -0.25) is 4.79 Å². The zero-order chi connectivity index (χ0) is 21.0. The number of hydrogen-bond acceptors (Lipinski definition) is 4. The molecule has 0 radical (unpaired) electrons. The van der Waals surface area contributed by atoms with Gasteiger partial charge in [0.25, 0.3) is 0 Å². The SMILES string of the molecule is Cc1ccc(S(=O)(=O)NC(C(=O)N2CCCC2Cc2ccccc2)C(C)O)cc1. The van der Waals surface area contributed by atoms with Gasteiger partial charge in [0.2, 0.25) is 15.9 Å². The lowest BCUT2D eigenvalue weighted by molar-refractivity contribution is -0.136. The first kappa shape index (κ1) is 21.5. The van der Waals surface area contributed by atoms with Gasteiger partial charge in [0.15, 0.2) is 0 Å². The first-order chi connectivity index (χ1) is 13.8. The van der Waals surface area contributed by atoms with Crippen molar-refractivity contribution in [2.24, 2.45) is 0 Å². The number of nitrogens with zero attached hydrogens (tertiary/aromatic N) is 1. The molecule has 3 atom stereocenters. The summed E-state index contributed by atoms with van der Waals surface area (Å²) in [6.45, 7) is 3.86. The van der Waals surface area contributed by atoms with Crippen LogP contribution in [0.4, 0.5) is 0 Å². The van der Waals surface area contributed by atoms with Crippen molar-refractivity contribution in [3.05, 3.63) is 65.7 Å². The molecule has 0 bridgehead atoms. The molecule has 3 unspecified atom stereocenters. The second-order valence-electron chi connectivity index (χ2n) is 7.67. The minimum Gasteiger partial charge on any atom is -0.391 e. The third kappa shape index (κ3) is 5.23. The van der Waals surface area contributed by atoms with Gasteiger partial charge < -0.3 is 10.0 Å². The van der Waals surface area contributed by atoms with Gasteiger partial charge in [-0.2, -0.15) is 4.72 Å². The molecular weight excluding hydrogens is 388 g/mol. The highest BCUT2D eigenvalue weighted by molar-refractivity contribution is 7.89. The van der Waals surface area contributed by atoms with E-state index in [-0.39, 0.29) is 16.8 Å². The summed E-state index contributed by atoms with van der Waals surface area (Å²) in [5.41, 5.74) is 2.07. The summed E-state index contributed by atoms with van der Waals surface area (Å²) in [6, 6.07) is 15.1. The van der Waals surface area contributed by atoms with E-state index in [0.29, 0.717) is 13.0 Å². The standard InChI is InChI=1S/C22H28N2O4S/c1-16-10-12-20(13-11-16)29(27,28)23-21(17(2)25)22(26)24-14-6-9-19(24)15-18-7-4-3-5-8-18/h3-5,7-8,10-13,17,19,21,23,25H,6,9,14-15H2,1-2H3. The smallest absolute Gasteiger partial charge is 0.243 e. The van der Waals surface area contributed by atoms with Gasteiger partial charge in [0.1, 0.15) is 6.04 Å². The number of carbonyl (C=O) groups is 1. The average Bonchev–Trinajstić information content (AvgIpc) is 3.14. The molecule has 1 aliphatic heterocycles. The van der Waals surface area contributed by atoms with E-state index in [4.69, 9.17) is 0 Å². The van der Waals surface area contributed by atoms with E-state index in [1.165, 1.54) is 19.1 Å². The number of amides is 1. The Hall–Kier alpha value is -2.22. The molecule has 1 heterocycles. The van der Waals surface area contributed by atoms with Crippen LogP contribution in [0.15, 0.2) is 59.5 Å². The summed E-state index contributed by atoms with van der Waals surface area (Å²) in [6.07, 6.45) is 1.28. The molecular formula is C22H28N2O4S. The average molecular weight is 417 g/mol. The van der Waals surface area contributed by atoms with Gasteiger partial charge in [-0.15, -0.1) is 0 Å². The van der Waals surface area contributed by atoms with Crippen LogP contribution in [0.5, 0.6) is 0 Å². The molecule has 29 heavy (non-hydrogen) atoms. The Morgan fingerprint density at radius 2 is 1.83 bits per heavy atom. The Balaban J connectivity index is 1.77. The molecule has 1 amide bonds. The molecule has 0 spiro atoms. The second kappa shape index (κ2) is 9.07. The lowest BCUT2D eigenvalue weighted by Gasteiger charge is -2.30. The number of aryl methyl sites for hydroxylation is 1. The minimum absolute atomic E-state index is 0.00460. The van der Waals surface area contributed by atoms with Crippen molar-refractivity contribution in [2.45, 2.75) is 56.2 Å². The Kier molecular flexibility index (Phi) is 6.72. The van der Waals surface area contributed by atoms with Crippen LogP contribution in [0.2, 0.25) is 0 Å². The predicted molar refractivity (Wildman–Crippen MR) is 112 cm³/mol. The van der Waals surface area contributed by atoms with Crippen molar-refractivity contribution in [3.63, 3.8) is 0 Å². The van der Waals surface area contributed by atoms with E-state index in [0.717, 1.165) is 24.0 Å². The van der Waals surface area contributed by atoms with Crippen LogP contribution in [0, 0.1) is 6.92 Å². The van der Waals surface area contributed by atoms with Crippen LogP contribution >= 0.6 is 0 Å². The first-order valence-corrected chi connectivity index (χ1v) is 11.4. The van der Waals surface area contributed by atoms with Crippen molar-refractivity contribution >= 4 is 15.9 Å². The molecule has 156 valence electrons. The van der Waals surface area contributed by atoms with Gasteiger partial charge in [-0.05, 0) is 50.8 Å². The van der Waals surface area contributed by atoms with E-state index in [1.807, 2.05) is 37.3 Å². The molecule has 6 nitrogen and oxygen atoms in total. The van der Waals surface area contributed by atoms with Crippen molar-refractivity contribution < 1.29 is 18.3 Å². The number of benzene rings is 2. The Bertz CT molecular complexity index is 927. The fraction of sp³-hybridized carbons (Fsp3) is 0.409. The van der Waals surface area contributed by atoms with Crippen LogP contribution in [-0.4, -0.2) is 49.1 Å². The lowest BCUT2D eigenvalue weighted by Crippen LogP contribution is -2.54. The summed E-state index contributed by atoms with van der Waals surface area (Å²) in [5, 5.41) is 10.2. The molecule has 0 aromatic heterocycles. The van der Waals surface area contributed by atoms with Crippen LogP contribution in [0.1, 0.15) is 30.9 Å². The number of rotatable bonds is 7. The maximum absolute atomic E-state index is 13.2. The minimum atomic E-state index is -3.93. The number of sulfonamides is 1. The Morgan fingerprint density at radius 1 is 1.17 bits per heavy atom. The monoisotopic (exact) mass is 416 g/mol. The molecule has 3 rings (SSSR count). The third-order valence-corrected chi connectivity index (χ3v) is 6.79. The summed E-state index contributed by atoms with van der Waals surface area (Å²) < 4.78 is 27.9. The number of aliphatic hydroxyl groups is 1. The third-order valence-electron chi connectivity index (χ3n) is 5.34. The van der Waals surface area contributed by atoms with Crippen molar-refractivity contribution in [1.29, 1.82) is 0 Å². The predicted octanol–water partition coefficient (Wildman–Crippen LogP) is 2.26.